The first kappa shape index (κ1) is 26.0. The summed E-state index contributed by atoms with van der Waals surface area (Å²) in [5, 5.41) is 8.47. The molecule has 0 aliphatic rings. The smallest absolute Gasteiger partial charge is 1.00 e. The largest absolute Gasteiger partial charge is 1.00 e. The van der Waals surface area contributed by atoms with Crippen molar-refractivity contribution in [2.75, 3.05) is 6.16 Å². The van der Waals surface area contributed by atoms with Gasteiger partial charge in [0, 0.05) is 0 Å². The van der Waals surface area contributed by atoms with Crippen LogP contribution in [0.1, 0.15) is 4.28 Å². The molecule has 1 atom stereocenters. The van der Waals surface area contributed by atoms with Crippen molar-refractivity contribution in [2.24, 2.45) is 0 Å². The minimum absolute atomic E-state index is 0. The first-order valence-corrected chi connectivity index (χ1v) is 5.89. The Kier molecular flexibility index (Phi) is 18.9. The molecule has 0 amide bonds. The van der Waals surface area contributed by atoms with Gasteiger partial charge in [0.15, 0.2) is 5.85 Å². The third-order valence-electron chi connectivity index (χ3n) is 0.789. The molecule has 0 aromatic carbocycles. The van der Waals surface area contributed by atoms with Gasteiger partial charge in [0.1, 0.15) is 0 Å². The molecular formula is C2H11Na3O7P2. The quantitative estimate of drug-likeness (QED) is 0.255. The third-order valence-corrected chi connectivity index (χ3v) is 2.86. The molecule has 0 fully saturated rings. The maximum absolute atomic E-state index is 10.1. The monoisotopic (exact) mass is 278 g/mol. The van der Waals surface area contributed by atoms with E-state index in [0.717, 1.165) is 0 Å². The molecule has 0 saturated carbocycles. The zero-order chi connectivity index (χ0) is 9.28. The average Bonchev–Trinajstić information content (AvgIpc) is 1.56. The van der Waals surface area contributed by atoms with Crippen molar-refractivity contribution in [3.63, 3.8) is 0 Å². The van der Waals surface area contributed by atoms with E-state index >= 15 is 0 Å². The van der Waals surface area contributed by atoms with Crippen LogP contribution in [0.3, 0.4) is 0 Å². The van der Waals surface area contributed by atoms with Gasteiger partial charge in [-0.2, -0.15) is 0 Å². The molecule has 74 valence electrons. The number of hydrogen-bond acceptors (Lipinski definition) is 3. The summed E-state index contributed by atoms with van der Waals surface area (Å²) in [6.07, 6.45) is -1.22. The summed E-state index contributed by atoms with van der Waals surface area (Å²) in [5.74, 6) is -2.29. The summed E-state index contributed by atoms with van der Waals surface area (Å²) in [4.78, 5) is 32.7. The topological polar surface area (TPSA) is 135 Å². The summed E-state index contributed by atoms with van der Waals surface area (Å²) in [6, 6.07) is 0. The van der Waals surface area contributed by atoms with Crippen molar-refractivity contribution in [3.8, 4) is 0 Å². The molecule has 0 bridgehead atoms. The van der Waals surface area contributed by atoms with Crippen LogP contribution in [0.25, 0.3) is 0 Å². The molecule has 0 spiro atoms. The molecule has 0 saturated heterocycles. The van der Waals surface area contributed by atoms with Crippen molar-refractivity contribution >= 4 is 15.2 Å². The van der Waals surface area contributed by atoms with Gasteiger partial charge in [0.25, 0.3) is 0 Å². The van der Waals surface area contributed by atoms with Crippen molar-refractivity contribution in [1.82, 2.24) is 0 Å². The Hall–Kier alpha value is 3.26. The van der Waals surface area contributed by atoms with E-state index in [-0.39, 0.29) is 93.0 Å². The van der Waals surface area contributed by atoms with Crippen LogP contribution in [-0.2, 0) is 9.13 Å². The van der Waals surface area contributed by atoms with Crippen LogP contribution in [0.15, 0.2) is 0 Å². The van der Waals surface area contributed by atoms with Gasteiger partial charge in [0.05, 0.1) is 6.16 Å². The predicted molar refractivity (Wildman–Crippen MR) is 38.3 cm³/mol. The minimum Gasteiger partial charge on any atom is -1.00 e. The molecule has 0 aromatic rings. The molecule has 0 aliphatic carbocycles. The van der Waals surface area contributed by atoms with Crippen molar-refractivity contribution in [3.05, 3.63) is 0 Å². The van der Waals surface area contributed by atoms with Gasteiger partial charge in [-0.1, -0.05) is 0 Å². The summed E-state index contributed by atoms with van der Waals surface area (Å²) in [6.45, 7) is 0. The van der Waals surface area contributed by atoms with Gasteiger partial charge in [-0.3, -0.25) is 9.13 Å². The number of rotatable bonds is 3. The van der Waals surface area contributed by atoms with E-state index in [1.807, 2.05) is 0 Å². The first-order valence-electron chi connectivity index (χ1n) is 2.41. The molecule has 0 radical (unpaired) electrons. The van der Waals surface area contributed by atoms with Crippen LogP contribution in [0.4, 0.5) is 0 Å². The summed E-state index contributed by atoms with van der Waals surface area (Å²) in [7, 11) is -9.35. The summed E-state index contributed by atoms with van der Waals surface area (Å²) >= 11 is 0. The number of aliphatic hydroxyl groups is 1. The molecule has 0 heterocycles. The minimum atomic E-state index is -4.79. The molecular weight excluding hydrogens is 267 g/mol. The third kappa shape index (κ3) is 15.3. The van der Waals surface area contributed by atoms with E-state index in [9.17, 15) is 9.13 Å². The normalized spacial score (nSPS) is 12.9. The van der Waals surface area contributed by atoms with E-state index in [0.29, 0.717) is 0 Å². The Morgan fingerprint density at radius 3 is 1.36 bits per heavy atom. The maximum Gasteiger partial charge on any atom is 1.00 e. The van der Waals surface area contributed by atoms with Crippen molar-refractivity contribution in [2.45, 2.75) is 5.85 Å². The van der Waals surface area contributed by atoms with Crippen LogP contribution >= 0.6 is 15.2 Å². The zero-order valence-corrected chi connectivity index (χ0v) is 16.0. The van der Waals surface area contributed by atoms with Crippen LogP contribution in [0.5, 0.6) is 0 Å². The van der Waals surface area contributed by atoms with Gasteiger partial charge >= 0.3 is 104 Å². The van der Waals surface area contributed by atoms with Crippen LogP contribution in [0, 0.1) is 0 Å². The fraction of sp³-hybridized carbons (Fsp3) is 1.00. The second-order valence-corrected chi connectivity index (χ2v) is 5.39. The fourth-order valence-corrected chi connectivity index (χ4v) is 2.23. The molecule has 7 nitrogen and oxygen atoms in total. The zero-order valence-electron chi connectivity index (χ0n) is 11.2. The predicted octanol–water partition coefficient (Wildman–Crippen LogP) is -9.99. The van der Waals surface area contributed by atoms with E-state index in [1.165, 1.54) is 0 Å². The fourth-order valence-electron chi connectivity index (χ4n) is 0.319. The number of aliphatic hydroxyl groups excluding tert-OH is 1. The maximum atomic E-state index is 10.1. The molecule has 12 heteroatoms. The standard InChI is InChI=1S/C2H8O7P2.3Na.3H/c3-2(11(7,8)9)1-10(4,5)6;;;;;;/h2-3H,1H2,(H2,4,5,6)(H2,7,8,9);;;;;;/q;3*+1;3*-1. The first-order chi connectivity index (χ1) is 4.63. The van der Waals surface area contributed by atoms with Crippen molar-refractivity contribution < 1.29 is 127 Å². The van der Waals surface area contributed by atoms with E-state index in [2.05, 4.69) is 0 Å². The molecule has 1 unspecified atom stereocenters. The van der Waals surface area contributed by atoms with Crippen LogP contribution in [-0.4, -0.2) is 36.7 Å². The molecule has 14 heavy (non-hydrogen) atoms. The number of hydrogen-bond donors (Lipinski definition) is 5. The van der Waals surface area contributed by atoms with Crippen molar-refractivity contribution in [1.29, 1.82) is 0 Å². The van der Waals surface area contributed by atoms with Gasteiger partial charge in [-0.25, -0.2) is 0 Å². The Morgan fingerprint density at radius 2 is 1.29 bits per heavy atom. The second-order valence-electron chi connectivity index (χ2n) is 1.92. The Morgan fingerprint density at radius 1 is 1.00 bits per heavy atom. The average molecular weight is 278 g/mol. The van der Waals surface area contributed by atoms with Crippen LogP contribution < -0.4 is 88.7 Å². The molecule has 0 aromatic heterocycles. The molecule has 5 N–H and O–H groups in total. The Bertz CT molecular complexity index is 232. The van der Waals surface area contributed by atoms with E-state index < -0.39 is 27.2 Å². The van der Waals surface area contributed by atoms with E-state index in [4.69, 9.17) is 24.7 Å². The summed E-state index contributed by atoms with van der Waals surface area (Å²) in [5.41, 5.74) is 0. The molecule has 0 aliphatic heterocycles. The van der Waals surface area contributed by atoms with Crippen LogP contribution in [0.2, 0.25) is 0 Å². The Labute approximate surface area is 152 Å². The van der Waals surface area contributed by atoms with Gasteiger partial charge < -0.3 is 29.0 Å². The summed E-state index contributed by atoms with van der Waals surface area (Å²) < 4.78 is 20.2. The SMILES string of the molecule is O=P(O)(O)CC(O)P(=O)(O)O.[H-].[H-].[H-].[Na+].[Na+].[Na+]. The van der Waals surface area contributed by atoms with Gasteiger partial charge in [0.2, 0.25) is 0 Å². The molecule has 0 rings (SSSR count). The van der Waals surface area contributed by atoms with Gasteiger partial charge in [-0.05, 0) is 0 Å². The second kappa shape index (κ2) is 10.2. The van der Waals surface area contributed by atoms with E-state index in [1.54, 1.807) is 0 Å². The van der Waals surface area contributed by atoms with Gasteiger partial charge in [-0.15, -0.1) is 0 Å². The Balaban J connectivity index is -0.0000000333.